The van der Waals surface area contributed by atoms with Gasteiger partial charge in [0.1, 0.15) is 0 Å². The maximum Gasteiger partial charge on any atom is 0.0851 e. The Hall–Kier alpha value is -1.36. The topological polar surface area (TPSA) is 12.4 Å². The third-order valence-electron chi connectivity index (χ3n) is 3.84. The maximum absolute atomic E-state index is 5.50. The molecule has 0 aliphatic carbocycles. The maximum atomic E-state index is 5.50. The molecule has 1 aliphatic heterocycles. The molecule has 2 aromatic rings. The molecule has 0 bridgehead atoms. The van der Waals surface area contributed by atoms with E-state index in [2.05, 4.69) is 65.7 Å². The highest BCUT2D eigenvalue weighted by Gasteiger charge is 2.18. The van der Waals surface area contributed by atoms with Gasteiger partial charge in [-0.25, -0.2) is 0 Å². The van der Waals surface area contributed by atoms with Crippen LogP contribution in [-0.2, 0) is 29.5 Å². The summed E-state index contributed by atoms with van der Waals surface area (Å²) in [6, 6.07) is 21.2. The van der Waals surface area contributed by atoms with Crippen molar-refractivity contribution in [3.05, 3.63) is 83.4 Å². The van der Waals surface area contributed by atoms with Gasteiger partial charge < -0.3 is 0 Å². The Kier molecular flexibility index (Phi) is 4.81. The quantitative estimate of drug-likeness (QED) is 0.789. The Balaban J connectivity index is 1.84. The van der Waals surface area contributed by atoms with E-state index in [1.165, 1.54) is 11.1 Å². The summed E-state index contributed by atoms with van der Waals surface area (Å²) >= 11 is 11.0. The van der Waals surface area contributed by atoms with Gasteiger partial charge in [0.25, 0.3) is 0 Å². The van der Waals surface area contributed by atoms with E-state index in [1.54, 1.807) is 6.20 Å². The summed E-state index contributed by atoms with van der Waals surface area (Å²) in [5, 5.41) is 2.92. The van der Waals surface area contributed by atoms with Gasteiger partial charge in [-0.2, -0.15) is 0 Å². The second kappa shape index (κ2) is 6.82. The molecule has 4 heteroatoms. The second-order valence-corrected chi connectivity index (χ2v) is 10.9. The highest BCUT2D eigenvalue weighted by atomic mass is 33.1. The van der Waals surface area contributed by atoms with E-state index in [0.29, 0.717) is 5.92 Å². The Bertz CT molecular complexity index is 751. The molecule has 0 N–H and O–H groups in total. The van der Waals surface area contributed by atoms with E-state index in [1.807, 2.05) is 5.41 Å². The van der Waals surface area contributed by atoms with Gasteiger partial charge in [-0.1, -0.05) is 60.7 Å². The third kappa shape index (κ3) is 3.51. The number of aliphatic imine (C=N–C) groups is 1. The van der Waals surface area contributed by atoms with E-state index >= 15 is 0 Å². The van der Waals surface area contributed by atoms with Crippen molar-refractivity contribution < 1.29 is 0 Å². The first-order valence-electron chi connectivity index (χ1n) is 7.25. The molecule has 0 aromatic heterocycles. The van der Waals surface area contributed by atoms with Crippen LogP contribution in [0.3, 0.4) is 0 Å². The third-order valence-corrected chi connectivity index (χ3v) is 7.11. The van der Waals surface area contributed by atoms with E-state index in [4.69, 9.17) is 22.4 Å². The lowest BCUT2D eigenvalue weighted by atomic mass is 9.88. The molecule has 0 saturated heterocycles. The summed E-state index contributed by atoms with van der Waals surface area (Å²) in [7, 11) is -1.61. The Morgan fingerprint density at radius 1 is 0.864 bits per heavy atom. The van der Waals surface area contributed by atoms with Gasteiger partial charge in [-0.3, -0.25) is 4.99 Å². The molecule has 0 unspecified atom stereocenters. The number of hydrogen-bond donors (Lipinski definition) is 0. The lowest BCUT2D eigenvalue weighted by Crippen LogP contribution is -2.09. The molecule has 0 saturated carbocycles. The van der Waals surface area contributed by atoms with Crippen molar-refractivity contribution in [3.63, 3.8) is 0 Å². The van der Waals surface area contributed by atoms with Crippen LogP contribution in [-0.4, -0.2) is 5.04 Å². The van der Waals surface area contributed by atoms with E-state index < -0.39 is 7.15 Å². The Morgan fingerprint density at radius 3 is 1.86 bits per heavy atom. The zero-order chi connectivity index (χ0) is 15.4. The normalized spacial score (nSPS) is 16.0. The Labute approximate surface area is 141 Å². The molecule has 3 rings (SSSR count). The van der Waals surface area contributed by atoms with E-state index in [0.717, 1.165) is 17.9 Å². The molecule has 0 fully saturated rings. The van der Waals surface area contributed by atoms with Crippen molar-refractivity contribution in [2.24, 2.45) is 4.99 Å². The van der Waals surface area contributed by atoms with E-state index in [-0.39, 0.29) is 0 Å². The predicted octanol–water partition coefficient (Wildman–Crippen LogP) is 4.56. The van der Waals surface area contributed by atoms with Crippen LogP contribution in [0.4, 0.5) is 0 Å². The van der Waals surface area contributed by atoms with Crippen molar-refractivity contribution in [2.75, 3.05) is 0 Å². The number of rotatable bonds is 5. The lowest BCUT2D eigenvalue weighted by Gasteiger charge is -2.18. The highest BCUT2D eigenvalue weighted by Crippen LogP contribution is 2.30. The molecule has 0 spiro atoms. The minimum Gasteiger partial charge on any atom is -0.253 e. The second-order valence-electron chi connectivity index (χ2n) is 5.27. The first kappa shape index (κ1) is 15.5. The molecule has 1 nitrogen and oxygen atoms in total. The van der Waals surface area contributed by atoms with Crippen LogP contribution in [0.25, 0.3) is 0 Å². The fraction of sp³-hybridized carbons (Fsp3) is 0.167. The summed E-state index contributed by atoms with van der Waals surface area (Å²) in [4.78, 5) is 4.41. The van der Waals surface area contributed by atoms with Crippen LogP contribution >= 0.6 is 0 Å². The summed E-state index contributed by atoms with van der Waals surface area (Å²) in [6.45, 7) is 0. The first-order valence-corrected chi connectivity index (χ1v) is 10.8. The van der Waals surface area contributed by atoms with Gasteiger partial charge in [-0.15, -0.1) is 0 Å². The van der Waals surface area contributed by atoms with Crippen LogP contribution in [0.1, 0.15) is 29.9 Å². The molecular formula is C18H17NS3. The molecule has 22 heavy (non-hydrogen) atoms. The molecule has 0 amide bonds. The largest absolute Gasteiger partial charge is 0.253 e. The summed E-state index contributed by atoms with van der Waals surface area (Å²) in [5.74, 6) is 0.353. The van der Waals surface area contributed by atoms with Crippen LogP contribution in [0.2, 0.25) is 0 Å². The molecular weight excluding hydrogens is 326 g/mol. The molecule has 1 aliphatic rings. The summed E-state index contributed by atoms with van der Waals surface area (Å²) in [5.41, 5.74) is 2.66. The van der Waals surface area contributed by atoms with Crippen molar-refractivity contribution in [1.29, 1.82) is 0 Å². The van der Waals surface area contributed by atoms with Crippen molar-refractivity contribution in [2.45, 2.75) is 18.8 Å². The van der Waals surface area contributed by atoms with Crippen LogP contribution in [0.15, 0.2) is 77.3 Å². The zero-order valence-electron chi connectivity index (χ0n) is 12.1. The number of benzene rings is 2. The van der Waals surface area contributed by atoms with Crippen LogP contribution < -0.4 is 0 Å². The zero-order valence-corrected chi connectivity index (χ0v) is 14.5. The van der Waals surface area contributed by atoms with Crippen molar-refractivity contribution in [1.82, 2.24) is 0 Å². The molecule has 0 radical (unpaired) electrons. The minimum atomic E-state index is -1.61. The molecule has 112 valence electrons. The smallest absolute Gasteiger partial charge is 0.0851 e. The van der Waals surface area contributed by atoms with Crippen LogP contribution in [0, 0.1) is 0 Å². The number of nitrogens with zero attached hydrogens (tertiary/aromatic N) is 1. The number of hydrogen-bond acceptors (Lipinski definition) is 3. The molecule has 2 aromatic carbocycles. The molecule has 0 atom stereocenters. The highest BCUT2D eigenvalue weighted by molar-refractivity contribution is 8.64. The Morgan fingerprint density at radius 2 is 1.41 bits per heavy atom. The van der Waals surface area contributed by atoms with Gasteiger partial charge in [-0.05, 0) is 53.5 Å². The fourth-order valence-electron chi connectivity index (χ4n) is 2.72. The van der Waals surface area contributed by atoms with Crippen LogP contribution in [0.5, 0.6) is 0 Å². The van der Waals surface area contributed by atoms with Gasteiger partial charge in [0.15, 0.2) is 0 Å². The van der Waals surface area contributed by atoms with Gasteiger partial charge in [0.2, 0.25) is 0 Å². The summed E-state index contributed by atoms with van der Waals surface area (Å²) in [6.07, 6.45) is 3.63. The fourth-order valence-corrected chi connectivity index (χ4v) is 4.76. The average Bonchev–Trinajstić information content (AvgIpc) is 2.88. The monoisotopic (exact) mass is 343 g/mol. The standard InChI is InChI=1S/C18H17NS3/c20-22(21)14-13-19-18(22)12-11-17(15-7-3-1-4-8-15)16-9-5-2-6-10-16/h1-10,13-14,17H,11-12H2. The van der Waals surface area contributed by atoms with Gasteiger partial charge in [0, 0.05) is 17.5 Å². The lowest BCUT2D eigenvalue weighted by molar-refractivity contribution is 0.746. The van der Waals surface area contributed by atoms with Crippen molar-refractivity contribution >= 4 is 34.6 Å². The average molecular weight is 344 g/mol. The SMILES string of the molecule is S=S1(=S)C=CN=C1CCC(c1ccccc1)c1ccccc1. The summed E-state index contributed by atoms with van der Waals surface area (Å²) < 4.78 is 0. The van der Waals surface area contributed by atoms with E-state index in [9.17, 15) is 0 Å². The first-order chi connectivity index (χ1) is 10.7. The predicted molar refractivity (Wildman–Crippen MR) is 103 cm³/mol. The van der Waals surface area contributed by atoms with Gasteiger partial charge in [0.05, 0.1) is 5.04 Å². The van der Waals surface area contributed by atoms with Gasteiger partial charge >= 0.3 is 0 Å². The molecule has 1 heterocycles. The minimum absolute atomic E-state index is 0.353. The van der Waals surface area contributed by atoms with Crippen molar-refractivity contribution in [3.8, 4) is 0 Å².